The van der Waals surface area contributed by atoms with Gasteiger partial charge in [-0.25, -0.2) is 9.78 Å². The summed E-state index contributed by atoms with van der Waals surface area (Å²) in [5.41, 5.74) is 2.64. The van der Waals surface area contributed by atoms with Crippen LogP contribution in [0.25, 0.3) is 11.4 Å². The molecule has 3 N–H and O–H groups in total. The van der Waals surface area contributed by atoms with Crippen LogP contribution < -0.4 is 16.2 Å². The molecule has 1 aliphatic heterocycles. The van der Waals surface area contributed by atoms with Gasteiger partial charge in [0.05, 0.1) is 5.69 Å². The molecule has 7 nitrogen and oxygen atoms in total. The maximum atomic E-state index is 12.3. The van der Waals surface area contributed by atoms with Gasteiger partial charge in [-0.2, -0.15) is 0 Å². The Balaban J connectivity index is 1.76. The van der Waals surface area contributed by atoms with E-state index in [9.17, 15) is 9.59 Å². The second-order valence-electron chi connectivity index (χ2n) is 7.32. The molecule has 1 aromatic heterocycles. The molecule has 1 aromatic carbocycles. The minimum absolute atomic E-state index is 0.0798. The minimum atomic E-state index is -0.535. The van der Waals surface area contributed by atoms with Gasteiger partial charge in [-0.3, -0.25) is 4.79 Å². The van der Waals surface area contributed by atoms with Crippen LogP contribution in [-0.2, 0) is 24.2 Å². The summed E-state index contributed by atoms with van der Waals surface area (Å²) in [6, 6.07) is 7.56. The van der Waals surface area contributed by atoms with Crippen molar-refractivity contribution in [2.75, 3.05) is 6.54 Å². The van der Waals surface area contributed by atoms with Crippen LogP contribution in [0.1, 0.15) is 37.6 Å². The monoisotopic (exact) mass is 356 g/mol. The fourth-order valence-electron chi connectivity index (χ4n) is 2.82. The predicted molar refractivity (Wildman–Crippen MR) is 98.8 cm³/mol. The van der Waals surface area contributed by atoms with Crippen molar-refractivity contribution in [3.05, 3.63) is 51.4 Å². The zero-order chi connectivity index (χ0) is 18.7. The third kappa shape index (κ3) is 4.49. The van der Waals surface area contributed by atoms with Crippen LogP contribution in [0.3, 0.4) is 0 Å². The number of carbonyl (C=O) groups excluding carboxylic acids is 1. The summed E-state index contributed by atoms with van der Waals surface area (Å²) in [6.45, 7) is 7.19. The molecule has 26 heavy (non-hydrogen) atoms. The Labute approximate surface area is 152 Å². The highest BCUT2D eigenvalue weighted by atomic mass is 16.6. The first-order chi connectivity index (χ1) is 12.3. The molecule has 0 radical (unpaired) electrons. The van der Waals surface area contributed by atoms with Gasteiger partial charge in [0.15, 0.2) is 0 Å². The third-order valence-electron chi connectivity index (χ3n) is 3.98. The number of hydrogen-bond donors (Lipinski definition) is 3. The number of benzene rings is 1. The van der Waals surface area contributed by atoms with Crippen LogP contribution in [-0.4, -0.2) is 28.2 Å². The molecule has 0 bridgehead atoms. The number of H-pyrrole nitrogens is 1. The van der Waals surface area contributed by atoms with Gasteiger partial charge in [0.2, 0.25) is 0 Å². The molecule has 138 valence electrons. The first-order valence-corrected chi connectivity index (χ1v) is 8.71. The van der Waals surface area contributed by atoms with Crippen molar-refractivity contribution in [1.29, 1.82) is 0 Å². The number of aromatic nitrogens is 2. The summed E-state index contributed by atoms with van der Waals surface area (Å²) in [7, 11) is 0. The molecule has 0 saturated heterocycles. The maximum Gasteiger partial charge on any atom is 0.407 e. The van der Waals surface area contributed by atoms with Gasteiger partial charge < -0.3 is 20.4 Å². The van der Waals surface area contributed by atoms with Crippen molar-refractivity contribution in [2.45, 2.75) is 45.9 Å². The molecule has 0 atom stereocenters. The number of amides is 1. The highest BCUT2D eigenvalue weighted by Gasteiger charge is 2.17. The van der Waals surface area contributed by atoms with Crippen molar-refractivity contribution in [3.8, 4) is 11.4 Å². The summed E-state index contributed by atoms with van der Waals surface area (Å²) in [5.74, 6) is 0.538. The van der Waals surface area contributed by atoms with E-state index in [4.69, 9.17) is 4.74 Å². The van der Waals surface area contributed by atoms with Crippen LogP contribution in [0.4, 0.5) is 4.79 Å². The van der Waals surface area contributed by atoms with E-state index >= 15 is 0 Å². The largest absolute Gasteiger partial charge is 0.444 e. The Hall–Kier alpha value is -2.67. The molecule has 7 heteroatoms. The second kappa shape index (κ2) is 7.29. The fraction of sp³-hybridized carbons (Fsp3) is 0.421. The number of carbonyl (C=O) groups is 1. The third-order valence-corrected chi connectivity index (χ3v) is 3.98. The molecule has 0 saturated carbocycles. The van der Waals surface area contributed by atoms with Crippen LogP contribution in [0.2, 0.25) is 0 Å². The number of alkyl carbamates (subject to hydrolysis) is 1. The van der Waals surface area contributed by atoms with Crippen molar-refractivity contribution < 1.29 is 9.53 Å². The van der Waals surface area contributed by atoms with E-state index in [1.165, 1.54) is 0 Å². The zero-order valence-electron chi connectivity index (χ0n) is 15.3. The second-order valence-corrected chi connectivity index (χ2v) is 7.32. The van der Waals surface area contributed by atoms with Crippen LogP contribution in [0.15, 0.2) is 29.1 Å². The molecule has 1 aliphatic rings. The molecule has 2 aromatic rings. The average molecular weight is 356 g/mol. The number of ether oxygens (including phenoxy) is 1. The smallest absolute Gasteiger partial charge is 0.407 e. The molecule has 0 spiro atoms. The van der Waals surface area contributed by atoms with E-state index in [-0.39, 0.29) is 5.56 Å². The number of hydrogen-bond acceptors (Lipinski definition) is 5. The molecule has 1 amide bonds. The van der Waals surface area contributed by atoms with Gasteiger partial charge in [0, 0.05) is 24.2 Å². The Morgan fingerprint density at radius 2 is 2.15 bits per heavy atom. The van der Waals surface area contributed by atoms with Crippen LogP contribution >= 0.6 is 0 Å². The SMILES string of the molecule is CC(C)(C)OC(=O)NCc1cccc(-c2nc3c(c(=O)[nH]2)CCNC3)c1. The quantitative estimate of drug-likeness (QED) is 0.783. The van der Waals surface area contributed by atoms with E-state index in [1.807, 2.05) is 45.0 Å². The van der Waals surface area contributed by atoms with E-state index in [2.05, 4.69) is 20.6 Å². The highest BCUT2D eigenvalue weighted by Crippen LogP contribution is 2.18. The van der Waals surface area contributed by atoms with E-state index < -0.39 is 11.7 Å². The molecule has 3 rings (SSSR count). The van der Waals surface area contributed by atoms with Crippen LogP contribution in [0.5, 0.6) is 0 Å². The lowest BCUT2D eigenvalue weighted by atomic mass is 10.1. The molecule has 0 aliphatic carbocycles. The Morgan fingerprint density at radius 1 is 1.35 bits per heavy atom. The summed E-state index contributed by atoms with van der Waals surface area (Å²) in [5, 5.41) is 5.96. The number of nitrogens with one attached hydrogen (secondary N) is 3. The summed E-state index contributed by atoms with van der Waals surface area (Å²) < 4.78 is 5.24. The number of nitrogens with zero attached hydrogens (tertiary/aromatic N) is 1. The standard InChI is InChI=1S/C19H24N4O3/c1-19(2,3)26-18(25)21-10-12-5-4-6-13(9-12)16-22-15-11-20-8-7-14(15)17(24)23-16/h4-6,9,20H,7-8,10-11H2,1-3H3,(H,21,25)(H,22,23,24). The highest BCUT2D eigenvalue weighted by molar-refractivity contribution is 5.67. The number of fused-ring (bicyclic) bond motifs is 1. The first-order valence-electron chi connectivity index (χ1n) is 8.71. The van der Waals surface area contributed by atoms with Gasteiger partial charge in [-0.05, 0) is 45.4 Å². The van der Waals surface area contributed by atoms with Gasteiger partial charge in [-0.15, -0.1) is 0 Å². The van der Waals surface area contributed by atoms with Gasteiger partial charge >= 0.3 is 6.09 Å². The van der Waals surface area contributed by atoms with Crippen molar-refractivity contribution in [2.24, 2.45) is 0 Å². The van der Waals surface area contributed by atoms with Gasteiger partial charge in [-0.1, -0.05) is 18.2 Å². The lowest BCUT2D eigenvalue weighted by Crippen LogP contribution is -2.32. The molecular formula is C19H24N4O3. The topological polar surface area (TPSA) is 96.1 Å². The van der Waals surface area contributed by atoms with E-state index in [0.29, 0.717) is 25.3 Å². The van der Waals surface area contributed by atoms with Crippen LogP contribution in [0, 0.1) is 0 Å². The molecule has 0 fully saturated rings. The van der Waals surface area contributed by atoms with Gasteiger partial charge in [0.1, 0.15) is 11.4 Å². The summed E-state index contributed by atoms with van der Waals surface area (Å²) in [4.78, 5) is 31.6. The lowest BCUT2D eigenvalue weighted by molar-refractivity contribution is 0.0523. The minimum Gasteiger partial charge on any atom is -0.444 e. The summed E-state index contributed by atoms with van der Waals surface area (Å²) >= 11 is 0. The Bertz CT molecular complexity index is 868. The Kier molecular flexibility index (Phi) is 5.08. The first kappa shape index (κ1) is 18.1. The Morgan fingerprint density at radius 3 is 2.92 bits per heavy atom. The maximum absolute atomic E-state index is 12.3. The summed E-state index contributed by atoms with van der Waals surface area (Å²) in [6.07, 6.45) is 0.229. The molecule has 0 unspecified atom stereocenters. The normalized spacial score (nSPS) is 13.8. The zero-order valence-corrected chi connectivity index (χ0v) is 15.3. The predicted octanol–water partition coefficient (Wildman–Crippen LogP) is 2.11. The lowest BCUT2D eigenvalue weighted by Gasteiger charge is -2.19. The van der Waals surface area contributed by atoms with Crippen molar-refractivity contribution >= 4 is 6.09 Å². The number of rotatable bonds is 3. The average Bonchev–Trinajstić information content (AvgIpc) is 2.59. The van der Waals surface area contributed by atoms with Gasteiger partial charge in [0.25, 0.3) is 5.56 Å². The molecule has 2 heterocycles. The molecular weight excluding hydrogens is 332 g/mol. The number of aromatic amines is 1. The van der Waals surface area contributed by atoms with Crippen molar-refractivity contribution in [1.82, 2.24) is 20.6 Å². The fourth-order valence-corrected chi connectivity index (χ4v) is 2.82. The van der Waals surface area contributed by atoms with E-state index in [0.717, 1.165) is 28.9 Å². The van der Waals surface area contributed by atoms with E-state index in [1.54, 1.807) is 0 Å². The van der Waals surface area contributed by atoms with Crippen molar-refractivity contribution in [3.63, 3.8) is 0 Å².